The SMILES string of the molecule is CC(=O)NC(C)c1ccc(C2CN(c3ccnc(Cl)c3F)C2)cc1. The minimum Gasteiger partial charge on any atom is -0.368 e. The van der Waals surface area contributed by atoms with Crippen molar-refractivity contribution in [1.82, 2.24) is 10.3 Å². The Balaban J connectivity index is 1.64. The molecule has 0 radical (unpaired) electrons. The molecule has 1 aromatic heterocycles. The summed E-state index contributed by atoms with van der Waals surface area (Å²) in [6, 6.07) is 9.85. The first-order chi connectivity index (χ1) is 11.5. The molecule has 1 amide bonds. The Morgan fingerprint density at radius 2 is 2.00 bits per heavy atom. The van der Waals surface area contributed by atoms with Gasteiger partial charge in [-0.05, 0) is 24.1 Å². The van der Waals surface area contributed by atoms with Crippen LogP contribution in [0, 0.1) is 5.82 Å². The summed E-state index contributed by atoms with van der Waals surface area (Å²) in [5.41, 5.74) is 2.78. The van der Waals surface area contributed by atoms with Gasteiger partial charge in [-0.1, -0.05) is 35.9 Å². The van der Waals surface area contributed by atoms with Crippen molar-refractivity contribution in [3.8, 4) is 0 Å². The number of halogens is 2. The molecule has 1 saturated heterocycles. The molecule has 4 nitrogen and oxygen atoms in total. The van der Waals surface area contributed by atoms with Crippen molar-refractivity contribution in [2.24, 2.45) is 0 Å². The number of hydrogen-bond acceptors (Lipinski definition) is 3. The van der Waals surface area contributed by atoms with Crippen molar-refractivity contribution in [2.45, 2.75) is 25.8 Å². The lowest BCUT2D eigenvalue weighted by molar-refractivity contribution is -0.119. The number of rotatable bonds is 4. The largest absolute Gasteiger partial charge is 0.368 e. The first-order valence-corrected chi connectivity index (χ1v) is 8.25. The van der Waals surface area contributed by atoms with Gasteiger partial charge in [0.15, 0.2) is 11.0 Å². The zero-order valence-corrected chi connectivity index (χ0v) is 14.3. The Morgan fingerprint density at radius 1 is 1.33 bits per heavy atom. The molecule has 1 atom stereocenters. The number of benzene rings is 1. The number of carbonyl (C=O) groups excluding carboxylic acids is 1. The van der Waals surface area contributed by atoms with E-state index in [1.807, 2.05) is 24.0 Å². The van der Waals surface area contributed by atoms with E-state index in [2.05, 4.69) is 22.4 Å². The normalized spacial score (nSPS) is 15.8. The summed E-state index contributed by atoms with van der Waals surface area (Å²) < 4.78 is 14.0. The minimum atomic E-state index is -0.461. The van der Waals surface area contributed by atoms with Crippen LogP contribution >= 0.6 is 11.6 Å². The van der Waals surface area contributed by atoms with Gasteiger partial charge in [-0.15, -0.1) is 0 Å². The second kappa shape index (κ2) is 6.77. The molecule has 2 aromatic rings. The quantitative estimate of drug-likeness (QED) is 0.858. The zero-order chi connectivity index (χ0) is 17.3. The lowest BCUT2D eigenvalue weighted by Crippen LogP contribution is -2.45. The molecular weight excluding hydrogens is 329 g/mol. The van der Waals surface area contributed by atoms with E-state index < -0.39 is 5.82 Å². The van der Waals surface area contributed by atoms with E-state index in [0.717, 1.165) is 18.7 Å². The van der Waals surface area contributed by atoms with Crippen LogP contribution in [-0.2, 0) is 4.79 Å². The number of nitrogens with one attached hydrogen (secondary N) is 1. The number of amides is 1. The maximum absolute atomic E-state index is 14.0. The highest BCUT2D eigenvalue weighted by Gasteiger charge is 2.30. The number of nitrogens with zero attached hydrogens (tertiary/aromatic N) is 2. The third-order valence-electron chi connectivity index (χ3n) is 4.38. The van der Waals surface area contributed by atoms with E-state index in [9.17, 15) is 9.18 Å². The summed E-state index contributed by atoms with van der Waals surface area (Å²) in [6.07, 6.45) is 1.52. The molecule has 0 bridgehead atoms. The molecule has 6 heteroatoms. The standard InChI is InChI=1S/C18H19ClFN3O/c1-11(22-12(2)24)13-3-5-14(6-4-13)15-9-23(10-15)16-7-8-21-18(19)17(16)20/h3-8,11,15H,9-10H2,1-2H3,(H,22,24). The van der Waals surface area contributed by atoms with Gasteiger partial charge in [0.1, 0.15) is 0 Å². The number of pyridine rings is 1. The molecule has 126 valence electrons. The highest BCUT2D eigenvalue weighted by molar-refractivity contribution is 6.29. The Kier molecular flexibility index (Phi) is 4.71. The fraction of sp³-hybridized carbons (Fsp3) is 0.333. The molecule has 24 heavy (non-hydrogen) atoms. The third kappa shape index (κ3) is 3.36. The van der Waals surface area contributed by atoms with Crippen LogP contribution in [0.5, 0.6) is 0 Å². The predicted molar refractivity (Wildman–Crippen MR) is 92.8 cm³/mol. The fourth-order valence-corrected chi connectivity index (χ4v) is 3.14. The van der Waals surface area contributed by atoms with Crippen LogP contribution in [-0.4, -0.2) is 24.0 Å². The molecule has 1 aliphatic rings. The van der Waals surface area contributed by atoms with Crippen molar-refractivity contribution < 1.29 is 9.18 Å². The maximum Gasteiger partial charge on any atom is 0.217 e. The molecule has 1 fully saturated rings. The number of carbonyl (C=O) groups is 1. The Labute approximate surface area is 145 Å². The van der Waals surface area contributed by atoms with E-state index >= 15 is 0 Å². The first-order valence-electron chi connectivity index (χ1n) is 7.87. The number of anilines is 1. The van der Waals surface area contributed by atoms with Crippen molar-refractivity contribution in [3.05, 3.63) is 58.6 Å². The highest BCUT2D eigenvalue weighted by atomic mass is 35.5. The van der Waals surface area contributed by atoms with Crippen molar-refractivity contribution >= 4 is 23.2 Å². The lowest BCUT2D eigenvalue weighted by Gasteiger charge is -2.41. The molecule has 1 N–H and O–H groups in total. The molecule has 1 unspecified atom stereocenters. The van der Waals surface area contributed by atoms with Gasteiger partial charge in [0.25, 0.3) is 0 Å². The van der Waals surface area contributed by atoms with Crippen molar-refractivity contribution in [1.29, 1.82) is 0 Å². The van der Waals surface area contributed by atoms with Crippen LogP contribution in [0.15, 0.2) is 36.5 Å². The molecule has 3 rings (SSSR count). The van der Waals surface area contributed by atoms with Gasteiger partial charge in [-0.25, -0.2) is 9.37 Å². The van der Waals surface area contributed by atoms with E-state index in [0.29, 0.717) is 11.6 Å². The van der Waals surface area contributed by atoms with Gasteiger partial charge >= 0.3 is 0 Å². The molecule has 1 aromatic carbocycles. The third-order valence-corrected chi connectivity index (χ3v) is 4.64. The van der Waals surface area contributed by atoms with E-state index in [1.54, 1.807) is 6.07 Å². The van der Waals surface area contributed by atoms with Gasteiger partial charge in [0.2, 0.25) is 5.91 Å². The van der Waals surface area contributed by atoms with Crippen LogP contribution in [0.4, 0.5) is 10.1 Å². The molecule has 2 heterocycles. The number of hydrogen-bond donors (Lipinski definition) is 1. The summed E-state index contributed by atoms with van der Waals surface area (Å²) in [5, 5.41) is 2.78. The van der Waals surface area contributed by atoms with Crippen molar-refractivity contribution in [3.63, 3.8) is 0 Å². The topological polar surface area (TPSA) is 45.2 Å². The van der Waals surface area contributed by atoms with Crippen LogP contribution in [0.25, 0.3) is 0 Å². The molecular formula is C18H19ClFN3O. The van der Waals surface area contributed by atoms with Crippen molar-refractivity contribution in [2.75, 3.05) is 18.0 Å². The van der Waals surface area contributed by atoms with Gasteiger partial charge in [0.05, 0.1) is 11.7 Å². The van der Waals surface area contributed by atoms with Gasteiger partial charge < -0.3 is 10.2 Å². The average molecular weight is 348 g/mol. The molecule has 0 aliphatic carbocycles. The van der Waals surface area contributed by atoms with E-state index in [-0.39, 0.29) is 17.1 Å². The highest BCUT2D eigenvalue weighted by Crippen LogP contribution is 2.34. The maximum atomic E-state index is 14.0. The van der Waals surface area contributed by atoms with Gasteiger partial charge in [0, 0.05) is 32.1 Å². The summed E-state index contributed by atoms with van der Waals surface area (Å²) >= 11 is 5.73. The Morgan fingerprint density at radius 3 is 2.62 bits per heavy atom. The van der Waals surface area contributed by atoms with Crippen LogP contribution in [0.3, 0.4) is 0 Å². The smallest absolute Gasteiger partial charge is 0.217 e. The minimum absolute atomic E-state index is 0.0116. The van der Waals surface area contributed by atoms with Crippen LogP contribution < -0.4 is 10.2 Å². The monoisotopic (exact) mass is 347 g/mol. The van der Waals surface area contributed by atoms with Gasteiger partial charge in [-0.2, -0.15) is 0 Å². The predicted octanol–water partition coefficient (Wildman–Crippen LogP) is 3.68. The average Bonchev–Trinajstić information content (AvgIpc) is 2.50. The second-order valence-corrected chi connectivity index (χ2v) is 6.48. The summed E-state index contributed by atoms with van der Waals surface area (Å²) in [4.78, 5) is 16.8. The molecule has 0 spiro atoms. The Bertz CT molecular complexity index is 744. The summed E-state index contributed by atoms with van der Waals surface area (Å²) in [6.45, 7) is 4.96. The molecule has 1 aliphatic heterocycles. The number of aromatic nitrogens is 1. The van der Waals surface area contributed by atoms with Crippen LogP contribution in [0.2, 0.25) is 5.15 Å². The van der Waals surface area contributed by atoms with Crippen LogP contribution in [0.1, 0.15) is 36.9 Å². The summed E-state index contributed by atoms with van der Waals surface area (Å²) in [7, 11) is 0. The first kappa shape index (κ1) is 16.7. The second-order valence-electron chi connectivity index (χ2n) is 6.13. The zero-order valence-electron chi connectivity index (χ0n) is 13.6. The van der Waals surface area contributed by atoms with E-state index in [4.69, 9.17) is 11.6 Å². The van der Waals surface area contributed by atoms with E-state index in [1.165, 1.54) is 18.7 Å². The lowest BCUT2D eigenvalue weighted by atomic mass is 9.90. The van der Waals surface area contributed by atoms with Gasteiger partial charge in [-0.3, -0.25) is 4.79 Å². The molecule has 0 saturated carbocycles. The Hall–Kier alpha value is -2.14. The fourth-order valence-electron chi connectivity index (χ4n) is 2.98. The summed E-state index contributed by atoms with van der Waals surface area (Å²) in [5.74, 6) is -0.141.